The number of hydrogen-bond acceptors (Lipinski definition) is 6. The number of para-hydroxylation sites is 4. The lowest BCUT2D eigenvalue weighted by atomic mass is 10.00. The minimum atomic E-state index is -0.423. The number of nitrogens with zero attached hydrogens (tertiary/aromatic N) is 2. The highest BCUT2D eigenvalue weighted by molar-refractivity contribution is 6.20. The Kier molecular flexibility index (Phi) is 5.92. The van der Waals surface area contributed by atoms with Crippen molar-refractivity contribution in [3.63, 3.8) is 0 Å². The largest absolute Gasteiger partial charge is 0.456 e. The number of furan rings is 3. The van der Waals surface area contributed by atoms with E-state index in [0.29, 0.717) is 5.84 Å². The average Bonchev–Trinajstić information content (AvgIpc) is 3.89. The van der Waals surface area contributed by atoms with E-state index in [-0.39, 0.29) is 0 Å². The fourth-order valence-electron chi connectivity index (χ4n) is 7.62. The highest BCUT2D eigenvalue weighted by Crippen LogP contribution is 2.40. The maximum atomic E-state index is 6.65. The molecular weight excluding hydrogens is 631 g/mol. The van der Waals surface area contributed by atoms with Gasteiger partial charge in [0.25, 0.3) is 0 Å². The number of fused-ring (bicyclic) bond motifs is 9. The van der Waals surface area contributed by atoms with Crippen molar-refractivity contribution < 1.29 is 13.3 Å². The Hall–Kier alpha value is -6.92. The summed E-state index contributed by atoms with van der Waals surface area (Å²) in [5.74, 6) is 1.34. The van der Waals surface area contributed by atoms with Gasteiger partial charge in [-0.25, -0.2) is 9.98 Å². The Bertz CT molecular complexity index is 3070. The van der Waals surface area contributed by atoms with Gasteiger partial charge in [-0.2, -0.15) is 0 Å². The van der Waals surface area contributed by atoms with Crippen molar-refractivity contribution >= 4 is 77.5 Å². The predicted molar refractivity (Wildman–Crippen MR) is 206 cm³/mol. The molecule has 51 heavy (non-hydrogen) atoms. The van der Waals surface area contributed by atoms with Crippen LogP contribution >= 0.6 is 0 Å². The monoisotopic (exact) mass is 657 g/mol. The zero-order chi connectivity index (χ0) is 33.5. The quantitative estimate of drug-likeness (QED) is 0.204. The van der Waals surface area contributed by atoms with E-state index in [1.807, 2.05) is 78.9 Å². The Labute approximate surface area is 291 Å². The number of benzene rings is 7. The summed E-state index contributed by atoms with van der Waals surface area (Å²) in [4.78, 5) is 10.4. The first-order valence-electron chi connectivity index (χ1n) is 17.0. The third-order valence-corrected chi connectivity index (χ3v) is 9.97. The molecule has 6 nitrogen and oxygen atoms in total. The van der Waals surface area contributed by atoms with Crippen molar-refractivity contribution in [3.8, 4) is 11.1 Å². The fourth-order valence-corrected chi connectivity index (χ4v) is 7.62. The number of rotatable bonds is 4. The third kappa shape index (κ3) is 4.30. The van der Waals surface area contributed by atoms with Gasteiger partial charge in [-0.05, 0) is 42.0 Å². The molecular formula is C45H27N3O3. The molecule has 11 rings (SSSR count). The first-order chi connectivity index (χ1) is 25.3. The second kappa shape index (κ2) is 10.8. The van der Waals surface area contributed by atoms with E-state index < -0.39 is 6.17 Å². The molecule has 3 aromatic heterocycles. The maximum Gasteiger partial charge on any atom is 0.163 e. The van der Waals surface area contributed by atoms with Crippen LogP contribution in [0.15, 0.2) is 175 Å². The molecule has 1 atom stereocenters. The van der Waals surface area contributed by atoms with Crippen LogP contribution in [0.5, 0.6) is 0 Å². The summed E-state index contributed by atoms with van der Waals surface area (Å²) in [7, 11) is 0. The molecule has 4 heterocycles. The van der Waals surface area contributed by atoms with Crippen molar-refractivity contribution in [2.75, 3.05) is 0 Å². The van der Waals surface area contributed by atoms with Crippen molar-refractivity contribution in [2.24, 2.45) is 9.98 Å². The van der Waals surface area contributed by atoms with Crippen LogP contribution in [0.1, 0.15) is 22.9 Å². The van der Waals surface area contributed by atoms with Crippen molar-refractivity contribution in [1.29, 1.82) is 0 Å². The van der Waals surface area contributed by atoms with Gasteiger partial charge in [0.2, 0.25) is 0 Å². The first-order valence-corrected chi connectivity index (χ1v) is 17.0. The molecule has 0 radical (unpaired) electrons. The number of hydrogen-bond donors (Lipinski definition) is 1. The summed E-state index contributed by atoms with van der Waals surface area (Å²) < 4.78 is 19.3. The minimum absolute atomic E-state index is 0.423. The van der Waals surface area contributed by atoms with Crippen LogP contribution in [0, 0.1) is 0 Å². The second-order valence-electron chi connectivity index (χ2n) is 12.9. The van der Waals surface area contributed by atoms with E-state index in [9.17, 15) is 0 Å². The smallest absolute Gasteiger partial charge is 0.163 e. The molecule has 0 amide bonds. The van der Waals surface area contributed by atoms with Gasteiger partial charge in [-0.1, -0.05) is 115 Å². The Morgan fingerprint density at radius 2 is 1.08 bits per heavy atom. The third-order valence-electron chi connectivity index (χ3n) is 9.97. The standard InChI is InChI=1S/C45H27N3O3/c1-2-11-26(12-3-1)43-46-44(33-18-10-22-39-40(33)32-14-5-7-21-37(32)49-39)48-45(47-43)34-19-9-17-31-35-25-27(23-24-38(35)51-42(31)34)28-15-8-16-30-29-13-4-6-20-36(29)50-41(28)30/h1-25,44H,(H,46,47,48). The maximum absolute atomic E-state index is 6.65. The fraction of sp³-hybridized carbons (Fsp3) is 0.0222. The van der Waals surface area contributed by atoms with E-state index >= 15 is 0 Å². The van der Waals surface area contributed by atoms with Gasteiger partial charge >= 0.3 is 0 Å². The molecule has 10 aromatic rings. The number of aliphatic imine (C=N–C) groups is 2. The summed E-state index contributed by atoms with van der Waals surface area (Å²) in [5.41, 5.74) is 9.89. The lowest BCUT2D eigenvalue weighted by Crippen LogP contribution is -2.33. The van der Waals surface area contributed by atoms with Crippen LogP contribution in [-0.2, 0) is 0 Å². The molecule has 0 bridgehead atoms. The summed E-state index contributed by atoms with van der Waals surface area (Å²) in [6.45, 7) is 0. The molecule has 0 fully saturated rings. The molecule has 1 unspecified atom stereocenters. The SMILES string of the molecule is c1ccc(C2=NC(c3cccc4c3oc3ccc(-c5cccc6c5oc5ccccc56)cc34)=NC(c3cccc4oc5ccccc5c34)N2)cc1. The van der Waals surface area contributed by atoms with E-state index in [0.717, 1.165) is 99.5 Å². The van der Waals surface area contributed by atoms with Crippen LogP contribution in [0.4, 0.5) is 0 Å². The van der Waals surface area contributed by atoms with Gasteiger partial charge in [0.15, 0.2) is 5.84 Å². The zero-order valence-corrected chi connectivity index (χ0v) is 27.1. The lowest BCUT2D eigenvalue weighted by molar-refractivity contribution is 0.659. The molecule has 0 spiro atoms. The van der Waals surface area contributed by atoms with E-state index in [2.05, 4.69) is 78.1 Å². The molecule has 240 valence electrons. The molecule has 0 saturated carbocycles. The minimum Gasteiger partial charge on any atom is -0.456 e. The number of nitrogens with one attached hydrogen (secondary N) is 1. The van der Waals surface area contributed by atoms with Crippen molar-refractivity contribution in [2.45, 2.75) is 6.17 Å². The van der Waals surface area contributed by atoms with E-state index in [1.165, 1.54) is 0 Å². The number of amidine groups is 2. The van der Waals surface area contributed by atoms with Crippen LogP contribution in [0.3, 0.4) is 0 Å². The Morgan fingerprint density at radius 1 is 0.451 bits per heavy atom. The van der Waals surface area contributed by atoms with Gasteiger partial charge in [0, 0.05) is 49.0 Å². The summed E-state index contributed by atoms with van der Waals surface area (Å²) in [6.07, 6.45) is -0.423. The molecule has 1 aliphatic rings. The van der Waals surface area contributed by atoms with Crippen molar-refractivity contribution in [1.82, 2.24) is 5.32 Å². The molecule has 1 aliphatic heterocycles. The molecule has 7 aromatic carbocycles. The predicted octanol–water partition coefficient (Wildman–Crippen LogP) is 11.5. The summed E-state index contributed by atoms with van der Waals surface area (Å²) in [5, 5.41) is 9.97. The normalized spacial score (nSPS) is 14.9. The van der Waals surface area contributed by atoms with Crippen LogP contribution in [0.2, 0.25) is 0 Å². The molecule has 0 aliphatic carbocycles. The second-order valence-corrected chi connectivity index (χ2v) is 12.9. The van der Waals surface area contributed by atoms with Gasteiger partial charge in [-0.15, -0.1) is 0 Å². The van der Waals surface area contributed by atoms with E-state index in [1.54, 1.807) is 0 Å². The Morgan fingerprint density at radius 3 is 1.92 bits per heavy atom. The highest BCUT2D eigenvalue weighted by atomic mass is 16.3. The Balaban J connectivity index is 1.09. The van der Waals surface area contributed by atoms with Crippen LogP contribution in [-0.4, -0.2) is 11.7 Å². The van der Waals surface area contributed by atoms with Gasteiger partial charge < -0.3 is 18.6 Å². The van der Waals surface area contributed by atoms with Gasteiger partial charge in [-0.3, -0.25) is 0 Å². The van der Waals surface area contributed by atoms with Crippen LogP contribution in [0.25, 0.3) is 76.9 Å². The van der Waals surface area contributed by atoms with Gasteiger partial charge in [0.05, 0.1) is 5.56 Å². The first kappa shape index (κ1) is 28.0. The summed E-state index contributed by atoms with van der Waals surface area (Å²) >= 11 is 0. The van der Waals surface area contributed by atoms with E-state index in [4.69, 9.17) is 23.2 Å². The van der Waals surface area contributed by atoms with Gasteiger partial charge in [0.1, 0.15) is 45.5 Å². The lowest BCUT2D eigenvalue weighted by Gasteiger charge is -2.24. The molecule has 6 heteroatoms. The molecule has 1 N–H and O–H groups in total. The van der Waals surface area contributed by atoms with Crippen LogP contribution < -0.4 is 5.32 Å². The zero-order valence-electron chi connectivity index (χ0n) is 27.1. The van der Waals surface area contributed by atoms with Crippen molar-refractivity contribution in [3.05, 3.63) is 168 Å². The average molecular weight is 658 g/mol. The summed E-state index contributed by atoms with van der Waals surface area (Å²) in [6, 6.07) is 51.5. The highest BCUT2D eigenvalue weighted by Gasteiger charge is 2.26. The topological polar surface area (TPSA) is 76.2 Å². The molecule has 0 saturated heterocycles.